The lowest BCUT2D eigenvalue weighted by Crippen LogP contribution is -2.48. The number of aromatic nitrogens is 1. The molecule has 7 nitrogen and oxygen atoms in total. The van der Waals surface area contributed by atoms with Crippen molar-refractivity contribution in [1.29, 1.82) is 0 Å². The van der Waals surface area contributed by atoms with Gasteiger partial charge in [-0.3, -0.25) is 4.90 Å². The fourth-order valence-electron chi connectivity index (χ4n) is 5.41. The van der Waals surface area contributed by atoms with Crippen LogP contribution in [0.25, 0.3) is 0 Å². The molecule has 0 aliphatic carbocycles. The van der Waals surface area contributed by atoms with E-state index in [4.69, 9.17) is 36.1 Å². The van der Waals surface area contributed by atoms with E-state index in [-0.39, 0.29) is 6.79 Å². The van der Waals surface area contributed by atoms with Crippen LogP contribution in [0, 0.1) is 6.92 Å². The van der Waals surface area contributed by atoms with Crippen LogP contribution in [0.5, 0.6) is 23.1 Å². The van der Waals surface area contributed by atoms with Gasteiger partial charge in [-0.2, -0.15) is 0 Å². The van der Waals surface area contributed by atoms with Crippen LogP contribution < -0.4 is 14.2 Å². The number of benzene rings is 2. The average Bonchev–Trinajstić information content (AvgIpc) is 3.53. The van der Waals surface area contributed by atoms with Crippen LogP contribution in [0.1, 0.15) is 29.7 Å². The van der Waals surface area contributed by atoms with Crippen molar-refractivity contribution in [3.8, 4) is 23.1 Å². The van der Waals surface area contributed by atoms with Crippen LogP contribution >= 0.6 is 12.2 Å². The van der Waals surface area contributed by atoms with Gasteiger partial charge in [0.1, 0.15) is 12.4 Å². The normalized spacial score (nSPS) is 19.8. The molecule has 3 aromatic rings. The zero-order valence-corrected chi connectivity index (χ0v) is 21.8. The number of likely N-dealkylation sites (tertiary alicyclic amines) is 1. The lowest BCUT2D eigenvalue weighted by molar-refractivity contribution is 0.135. The van der Waals surface area contributed by atoms with Gasteiger partial charge in [0.2, 0.25) is 12.7 Å². The zero-order chi connectivity index (χ0) is 25.2. The molecule has 2 saturated heterocycles. The molecule has 4 heterocycles. The molecule has 3 aliphatic rings. The van der Waals surface area contributed by atoms with Crippen molar-refractivity contribution in [2.24, 2.45) is 0 Å². The molecule has 6 rings (SSSR count). The first-order valence-electron chi connectivity index (χ1n) is 12.9. The number of pyridine rings is 1. The molecule has 1 unspecified atom stereocenters. The van der Waals surface area contributed by atoms with Gasteiger partial charge in [0, 0.05) is 43.5 Å². The minimum atomic E-state index is 0.245. The maximum atomic E-state index is 5.97. The summed E-state index contributed by atoms with van der Waals surface area (Å²) < 4.78 is 22.6. The van der Waals surface area contributed by atoms with E-state index in [1.165, 1.54) is 11.1 Å². The first-order chi connectivity index (χ1) is 18.1. The number of aryl methyl sites for hydroxylation is 1. The zero-order valence-electron chi connectivity index (χ0n) is 21.0. The van der Waals surface area contributed by atoms with Crippen LogP contribution in [0.2, 0.25) is 0 Å². The summed E-state index contributed by atoms with van der Waals surface area (Å²) in [4.78, 5) is 9.58. The summed E-state index contributed by atoms with van der Waals surface area (Å²) in [6.45, 7) is 5.90. The van der Waals surface area contributed by atoms with Gasteiger partial charge < -0.3 is 23.8 Å². The predicted octanol–water partition coefficient (Wildman–Crippen LogP) is 5.10. The monoisotopic (exact) mass is 517 g/mol. The molecule has 0 spiro atoms. The second kappa shape index (κ2) is 10.6. The van der Waals surface area contributed by atoms with Crippen molar-refractivity contribution in [3.63, 3.8) is 0 Å². The third kappa shape index (κ3) is 5.36. The van der Waals surface area contributed by atoms with E-state index in [1.54, 1.807) is 0 Å². The maximum Gasteiger partial charge on any atom is 0.260 e. The van der Waals surface area contributed by atoms with E-state index < -0.39 is 0 Å². The van der Waals surface area contributed by atoms with Gasteiger partial charge >= 0.3 is 0 Å². The average molecular weight is 518 g/mol. The number of piperidine rings is 1. The first kappa shape index (κ1) is 24.0. The lowest BCUT2D eigenvalue weighted by atomic mass is 9.99. The Bertz CT molecular complexity index is 1260. The summed E-state index contributed by atoms with van der Waals surface area (Å²) in [6.07, 6.45) is 3.12. The Labute approximate surface area is 222 Å². The topological polar surface area (TPSA) is 56.3 Å². The molecule has 0 bridgehead atoms. The summed E-state index contributed by atoms with van der Waals surface area (Å²) in [5.74, 6) is 2.69. The largest absolute Gasteiger partial charge is 0.469 e. The Morgan fingerprint density at radius 3 is 2.59 bits per heavy atom. The Morgan fingerprint density at radius 1 is 0.973 bits per heavy atom. The number of thiocarbonyl (C=S) groups is 1. The molecule has 1 atom stereocenters. The summed E-state index contributed by atoms with van der Waals surface area (Å²) in [6, 6.07) is 21.0. The van der Waals surface area contributed by atoms with Gasteiger partial charge in [0.15, 0.2) is 11.5 Å². The van der Waals surface area contributed by atoms with Crippen molar-refractivity contribution < 1.29 is 18.9 Å². The minimum absolute atomic E-state index is 0.245. The van der Waals surface area contributed by atoms with Crippen LogP contribution in [0.15, 0.2) is 60.7 Å². The Balaban J connectivity index is 1.04. The van der Waals surface area contributed by atoms with E-state index in [2.05, 4.69) is 46.2 Å². The minimum Gasteiger partial charge on any atom is -0.469 e. The van der Waals surface area contributed by atoms with E-state index in [0.717, 1.165) is 50.3 Å². The smallest absolute Gasteiger partial charge is 0.260 e. The number of rotatable bonds is 7. The third-order valence-electron chi connectivity index (χ3n) is 7.40. The fraction of sp³-hybridized carbons (Fsp3) is 0.379. The van der Waals surface area contributed by atoms with Crippen LogP contribution in [0.3, 0.4) is 0 Å². The maximum absolute atomic E-state index is 5.97. The van der Waals surface area contributed by atoms with E-state index in [1.807, 2.05) is 31.2 Å². The lowest BCUT2D eigenvalue weighted by Gasteiger charge is -2.39. The second-order valence-corrected chi connectivity index (χ2v) is 10.2. The van der Waals surface area contributed by atoms with Gasteiger partial charge in [-0.25, -0.2) is 4.98 Å². The van der Waals surface area contributed by atoms with Crippen molar-refractivity contribution in [1.82, 2.24) is 14.8 Å². The SMILES string of the molecule is Cc1nc(Oc2ccc3c(c2)OCO3)ccc1CN1CCC(N2C(=S)OCC2Cc2ccccc2)CC1. The highest BCUT2D eigenvalue weighted by atomic mass is 32.1. The quantitative estimate of drug-likeness (QED) is 0.401. The highest BCUT2D eigenvalue weighted by molar-refractivity contribution is 7.80. The molecular weight excluding hydrogens is 486 g/mol. The second-order valence-electron chi connectivity index (χ2n) is 9.85. The number of hydrogen-bond donors (Lipinski definition) is 0. The Hall–Kier alpha value is -3.36. The summed E-state index contributed by atoms with van der Waals surface area (Å²) in [7, 11) is 0. The van der Waals surface area contributed by atoms with E-state index in [0.29, 0.717) is 41.2 Å². The molecule has 0 saturated carbocycles. The van der Waals surface area contributed by atoms with Crippen molar-refractivity contribution in [3.05, 3.63) is 77.5 Å². The van der Waals surface area contributed by atoms with Crippen LogP contribution in [-0.2, 0) is 17.7 Å². The standard InChI is InChI=1S/C29H31N3O4S/c1-20-22(7-10-28(30-20)36-25-8-9-26-27(16-25)35-19-34-26)17-31-13-11-23(12-14-31)32-24(18-33-29(32)37)15-21-5-3-2-4-6-21/h2-10,16,23-24H,11-15,17-19H2,1H3. The summed E-state index contributed by atoms with van der Waals surface area (Å²) >= 11 is 5.61. The summed E-state index contributed by atoms with van der Waals surface area (Å²) in [5.41, 5.74) is 3.54. The molecule has 37 heavy (non-hydrogen) atoms. The van der Waals surface area contributed by atoms with Crippen LogP contribution in [-0.4, -0.2) is 58.5 Å². The Morgan fingerprint density at radius 2 is 1.78 bits per heavy atom. The predicted molar refractivity (Wildman–Crippen MR) is 144 cm³/mol. The number of ether oxygens (including phenoxy) is 4. The molecular formula is C29H31N3O4S. The first-order valence-corrected chi connectivity index (χ1v) is 13.3. The van der Waals surface area contributed by atoms with Gasteiger partial charge in [-0.15, -0.1) is 0 Å². The number of fused-ring (bicyclic) bond motifs is 1. The van der Waals surface area contributed by atoms with Gasteiger partial charge in [0.05, 0.1) is 6.04 Å². The highest BCUT2D eigenvalue weighted by Crippen LogP contribution is 2.36. The van der Waals surface area contributed by atoms with Crippen molar-refractivity contribution >= 4 is 17.4 Å². The molecule has 8 heteroatoms. The molecule has 0 N–H and O–H groups in total. The number of nitrogens with zero attached hydrogens (tertiary/aromatic N) is 3. The molecule has 192 valence electrons. The molecule has 0 amide bonds. The van der Waals surface area contributed by atoms with Crippen molar-refractivity contribution in [2.75, 3.05) is 26.5 Å². The van der Waals surface area contributed by atoms with E-state index in [9.17, 15) is 0 Å². The molecule has 2 aromatic carbocycles. The van der Waals surface area contributed by atoms with Crippen molar-refractivity contribution in [2.45, 2.75) is 44.8 Å². The molecule has 1 aromatic heterocycles. The molecule has 0 radical (unpaired) electrons. The van der Waals surface area contributed by atoms with Gasteiger partial charge in [-0.05, 0) is 61.7 Å². The van der Waals surface area contributed by atoms with Gasteiger partial charge in [-0.1, -0.05) is 36.4 Å². The van der Waals surface area contributed by atoms with Crippen LogP contribution in [0.4, 0.5) is 0 Å². The Kier molecular flexibility index (Phi) is 6.85. The summed E-state index contributed by atoms with van der Waals surface area (Å²) in [5, 5.41) is 0.664. The molecule has 2 fully saturated rings. The number of hydrogen-bond acceptors (Lipinski definition) is 7. The third-order valence-corrected chi connectivity index (χ3v) is 7.73. The fourth-order valence-corrected chi connectivity index (χ4v) is 5.78. The highest BCUT2D eigenvalue weighted by Gasteiger charge is 2.37. The molecule has 3 aliphatic heterocycles. The van der Waals surface area contributed by atoms with E-state index >= 15 is 0 Å². The van der Waals surface area contributed by atoms with Gasteiger partial charge in [0.25, 0.3) is 5.17 Å².